The summed E-state index contributed by atoms with van der Waals surface area (Å²) in [5, 5.41) is 0. The van der Waals surface area contributed by atoms with Crippen LogP contribution in [-0.2, 0) is 0 Å². The maximum atomic E-state index is 12.8. The third-order valence-electron chi connectivity index (χ3n) is 3.16. The van der Waals surface area contributed by atoms with Crippen LogP contribution in [-0.4, -0.2) is 19.5 Å². The molecule has 21 heavy (non-hydrogen) atoms. The molecule has 2 aromatic rings. The Morgan fingerprint density at radius 1 is 1.14 bits per heavy atom. The maximum Gasteiger partial charge on any atom is 0.200 e. The van der Waals surface area contributed by atoms with Crippen LogP contribution >= 0.6 is 15.9 Å². The Balaban J connectivity index is 2.52. The Bertz CT molecular complexity index is 665. The highest BCUT2D eigenvalue weighted by molar-refractivity contribution is 9.10. The van der Waals surface area contributed by atoms with E-state index in [1.807, 2.05) is 32.0 Å². The highest BCUT2D eigenvalue weighted by Gasteiger charge is 2.19. The van der Waals surface area contributed by atoms with E-state index < -0.39 is 0 Å². The first-order valence-corrected chi connectivity index (χ1v) is 7.48. The molecule has 0 amide bonds. The Labute approximate surface area is 133 Å². The summed E-state index contributed by atoms with van der Waals surface area (Å²) in [6.07, 6.45) is 0. The van der Waals surface area contributed by atoms with Gasteiger partial charge in [-0.25, -0.2) is 0 Å². The second kappa shape index (κ2) is 6.76. The maximum absolute atomic E-state index is 12.8. The van der Waals surface area contributed by atoms with Gasteiger partial charge in [0.15, 0.2) is 0 Å². The molecule has 0 fully saturated rings. The number of carbonyl (C=O) groups is 1. The van der Waals surface area contributed by atoms with Crippen LogP contribution in [0, 0.1) is 6.92 Å². The molecule has 0 unspecified atom stereocenters. The molecule has 0 radical (unpaired) electrons. The molecule has 2 aromatic carbocycles. The normalized spacial score (nSPS) is 10.3. The van der Waals surface area contributed by atoms with E-state index >= 15 is 0 Å². The van der Waals surface area contributed by atoms with Gasteiger partial charge in [-0.1, -0.05) is 28.1 Å². The van der Waals surface area contributed by atoms with Crippen LogP contribution in [0.3, 0.4) is 0 Å². The highest BCUT2D eigenvalue weighted by Crippen LogP contribution is 2.31. The minimum atomic E-state index is -0.114. The lowest BCUT2D eigenvalue weighted by Crippen LogP contribution is -2.07. The molecule has 3 nitrogen and oxygen atoms in total. The summed E-state index contributed by atoms with van der Waals surface area (Å²) in [5.74, 6) is 1.03. The number of carbonyl (C=O) groups excluding carboxylic acids is 1. The minimum absolute atomic E-state index is 0.114. The SMILES string of the molecule is CCOc1ccccc1C(=O)c1cc(Br)c(C)cc1OC. The molecule has 110 valence electrons. The van der Waals surface area contributed by atoms with E-state index in [-0.39, 0.29) is 5.78 Å². The van der Waals surface area contributed by atoms with Gasteiger partial charge in [-0.3, -0.25) is 4.79 Å². The van der Waals surface area contributed by atoms with Crippen molar-refractivity contribution in [3.05, 3.63) is 57.6 Å². The summed E-state index contributed by atoms with van der Waals surface area (Å²) in [7, 11) is 1.56. The number of benzene rings is 2. The number of hydrogen-bond acceptors (Lipinski definition) is 3. The van der Waals surface area contributed by atoms with Crippen molar-refractivity contribution in [1.82, 2.24) is 0 Å². The van der Waals surface area contributed by atoms with Gasteiger partial charge in [0, 0.05) is 4.47 Å². The first-order valence-electron chi connectivity index (χ1n) is 6.69. The summed E-state index contributed by atoms with van der Waals surface area (Å²) in [4.78, 5) is 12.8. The number of hydrogen-bond donors (Lipinski definition) is 0. The van der Waals surface area contributed by atoms with E-state index in [0.29, 0.717) is 29.2 Å². The molecule has 0 aliphatic heterocycles. The van der Waals surface area contributed by atoms with E-state index in [1.54, 1.807) is 25.3 Å². The number of para-hydroxylation sites is 1. The van der Waals surface area contributed by atoms with Gasteiger partial charge in [0.2, 0.25) is 5.78 Å². The molecule has 4 heteroatoms. The van der Waals surface area contributed by atoms with E-state index in [0.717, 1.165) is 10.0 Å². The lowest BCUT2D eigenvalue weighted by atomic mass is 10.0. The third kappa shape index (κ3) is 3.27. The Hall–Kier alpha value is -1.81. The largest absolute Gasteiger partial charge is 0.496 e. The van der Waals surface area contributed by atoms with Crippen LogP contribution in [0.1, 0.15) is 28.4 Å². The molecule has 0 spiro atoms. The fourth-order valence-corrected chi connectivity index (χ4v) is 2.43. The topological polar surface area (TPSA) is 35.5 Å². The van der Waals surface area contributed by atoms with Crippen molar-refractivity contribution in [3.63, 3.8) is 0 Å². The molecule has 0 N–H and O–H groups in total. The molecule has 0 atom stereocenters. The number of ketones is 1. The highest BCUT2D eigenvalue weighted by atomic mass is 79.9. The molecular weight excluding hydrogens is 332 g/mol. The van der Waals surface area contributed by atoms with E-state index in [1.165, 1.54) is 0 Å². The summed E-state index contributed by atoms with van der Waals surface area (Å²) >= 11 is 3.46. The lowest BCUT2D eigenvalue weighted by Gasteiger charge is -2.13. The Kier molecular flexibility index (Phi) is 5.02. The average molecular weight is 349 g/mol. The molecule has 0 saturated carbocycles. The fraction of sp³-hybridized carbons (Fsp3) is 0.235. The Morgan fingerprint density at radius 2 is 1.86 bits per heavy atom. The first-order chi connectivity index (χ1) is 10.1. The Morgan fingerprint density at radius 3 is 2.52 bits per heavy atom. The summed E-state index contributed by atoms with van der Waals surface area (Å²) in [6.45, 7) is 4.36. The van der Waals surface area contributed by atoms with Crippen molar-refractivity contribution in [2.75, 3.05) is 13.7 Å². The number of aryl methyl sites for hydroxylation is 1. The van der Waals surface area contributed by atoms with Gasteiger partial charge in [-0.05, 0) is 43.7 Å². The van der Waals surface area contributed by atoms with Crippen LogP contribution in [0.25, 0.3) is 0 Å². The third-order valence-corrected chi connectivity index (χ3v) is 4.01. The van der Waals surface area contributed by atoms with Crippen LogP contribution in [0.4, 0.5) is 0 Å². The predicted molar refractivity (Wildman–Crippen MR) is 86.5 cm³/mol. The van der Waals surface area contributed by atoms with Gasteiger partial charge in [0.1, 0.15) is 11.5 Å². The molecule has 0 aliphatic rings. The minimum Gasteiger partial charge on any atom is -0.496 e. The van der Waals surface area contributed by atoms with E-state index in [2.05, 4.69) is 15.9 Å². The van der Waals surface area contributed by atoms with Crippen molar-refractivity contribution in [2.24, 2.45) is 0 Å². The molecule has 0 aliphatic carbocycles. The molecule has 0 saturated heterocycles. The average Bonchev–Trinajstić information content (AvgIpc) is 2.49. The monoisotopic (exact) mass is 348 g/mol. The quantitative estimate of drug-likeness (QED) is 0.751. The van der Waals surface area contributed by atoms with Crippen LogP contribution in [0.2, 0.25) is 0 Å². The van der Waals surface area contributed by atoms with E-state index in [4.69, 9.17) is 9.47 Å². The molecular formula is C17H17BrO3. The van der Waals surface area contributed by atoms with Crippen molar-refractivity contribution in [2.45, 2.75) is 13.8 Å². The molecule has 0 heterocycles. The van der Waals surface area contributed by atoms with Crippen LogP contribution < -0.4 is 9.47 Å². The van der Waals surface area contributed by atoms with Gasteiger partial charge in [-0.2, -0.15) is 0 Å². The predicted octanol–water partition coefficient (Wildman–Crippen LogP) is 4.40. The van der Waals surface area contributed by atoms with Gasteiger partial charge in [-0.15, -0.1) is 0 Å². The standard InChI is InChI=1S/C17H17BrO3/c1-4-21-15-8-6-5-7-12(15)17(19)13-10-14(18)11(2)9-16(13)20-3/h5-10H,4H2,1-3H3. The summed E-state index contributed by atoms with van der Waals surface area (Å²) < 4.78 is 11.8. The van der Waals surface area contributed by atoms with Crippen molar-refractivity contribution >= 4 is 21.7 Å². The number of methoxy groups -OCH3 is 1. The zero-order valence-corrected chi connectivity index (χ0v) is 13.9. The van der Waals surface area contributed by atoms with Gasteiger partial charge in [0.05, 0.1) is 24.8 Å². The second-order valence-corrected chi connectivity index (χ2v) is 5.41. The number of rotatable bonds is 5. The lowest BCUT2D eigenvalue weighted by molar-refractivity contribution is 0.103. The molecule has 0 bridgehead atoms. The number of halogens is 1. The van der Waals surface area contributed by atoms with Crippen LogP contribution in [0.5, 0.6) is 11.5 Å². The van der Waals surface area contributed by atoms with Crippen molar-refractivity contribution < 1.29 is 14.3 Å². The van der Waals surface area contributed by atoms with E-state index in [9.17, 15) is 4.79 Å². The zero-order valence-electron chi connectivity index (χ0n) is 12.3. The first kappa shape index (κ1) is 15.6. The molecule has 2 rings (SSSR count). The van der Waals surface area contributed by atoms with Gasteiger partial charge in [0.25, 0.3) is 0 Å². The van der Waals surface area contributed by atoms with Gasteiger partial charge < -0.3 is 9.47 Å². The molecule has 0 aromatic heterocycles. The fourth-order valence-electron chi connectivity index (χ4n) is 2.08. The number of ether oxygens (including phenoxy) is 2. The van der Waals surface area contributed by atoms with Gasteiger partial charge >= 0.3 is 0 Å². The van der Waals surface area contributed by atoms with Crippen molar-refractivity contribution in [1.29, 1.82) is 0 Å². The second-order valence-electron chi connectivity index (χ2n) is 4.56. The smallest absolute Gasteiger partial charge is 0.200 e. The summed E-state index contributed by atoms with van der Waals surface area (Å²) in [6, 6.07) is 10.9. The van der Waals surface area contributed by atoms with Crippen LogP contribution in [0.15, 0.2) is 40.9 Å². The zero-order chi connectivity index (χ0) is 15.4. The summed E-state index contributed by atoms with van der Waals surface area (Å²) in [5.41, 5.74) is 2.07. The van der Waals surface area contributed by atoms with Crippen molar-refractivity contribution in [3.8, 4) is 11.5 Å².